The average Bonchev–Trinajstić information content (AvgIpc) is 2.58. The van der Waals surface area contributed by atoms with E-state index >= 15 is 0 Å². The Kier molecular flexibility index (Phi) is 4.78. The first-order chi connectivity index (χ1) is 9.55. The van der Waals surface area contributed by atoms with Crippen molar-refractivity contribution < 1.29 is 19.5 Å². The quantitative estimate of drug-likeness (QED) is 0.620. The number of carboxylic acid groups (broad SMARTS) is 1. The zero-order valence-corrected chi connectivity index (χ0v) is 11.9. The summed E-state index contributed by atoms with van der Waals surface area (Å²) >= 11 is 0. The minimum absolute atomic E-state index is 0.000255. The Hall–Kier alpha value is -1.39. The van der Waals surface area contributed by atoms with E-state index in [1.807, 2.05) is 0 Å². The molecule has 1 aliphatic carbocycles. The van der Waals surface area contributed by atoms with Crippen molar-refractivity contribution >= 4 is 17.8 Å². The highest BCUT2D eigenvalue weighted by Crippen LogP contribution is 2.44. The molecule has 0 bridgehead atoms. The molecule has 2 amide bonds. The lowest BCUT2D eigenvalue weighted by Gasteiger charge is -2.25. The molecule has 20 heavy (non-hydrogen) atoms. The Morgan fingerprint density at radius 1 is 1.10 bits per heavy atom. The van der Waals surface area contributed by atoms with Crippen molar-refractivity contribution in [3.63, 3.8) is 0 Å². The number of unbranched alkanes of at least 4 members (excludes halogenated alkanes) is 1. The number of carbonyl (C=O) groups is 3. The van der Waals surface area contributed by atoms with Crippen LogP contribution in [0, 0.1) is 5.41 Å². The second-order valence-corrected chi connectivity index (χ2v) is 6.07. The third-order valence-corrected chi connectivity index (χ3v) is 4.57. The van der Waals surface area contributed by atoms with E-state index in [9.17, 15) is 14.4 Å². The van der Waals surface area contributed by atoms with Gasteiger partial charge in [0.15, 0.2) is 0 Å². The fourth-order valence-corrected chi connectivity index (χ4v) is 3.43. The number of rotatable bonds is 5. The predicted octanol–water partition coefficient (Wildman–Crippen LogP) is 2.34. The van der Waals surface area contributed by atoms with Crippen molar-refractivity contribution in [2.75, 3.05) is 6.54 Å². The normalized spacial score (nSPS) is 22.3. The second-order valence-electron chi connectivity index (χ2n) is 6.07. The van der Waals surface area contributed by atoms with Gasteiger partial charge < -0.3 is 5.11 Å². The molecule has 0 aromatic carbocycles. The summed E-state index contributed by atoms with van der Waals surface area (Å²) in [6.45, 7) is 0.382. The summed E-state index contributed by atoms with van der Waals surface area (Å²) < 4.78 is 0. The minimum Gasteiger partial charge on any atom is -0.481 e. The second kappa shape index (κ2) is 6.37. The maximum atomic E-state index is 12.6. The number of carboxylic acids is 1. The van der Waals surface area contributed by atoms with Gasteiger partial charge in [0.25, 0.3) is 0 Å². The van der Waals surface area contributed by atoms with Gasteiger partial charge in [-0.2, -0.15) is 0 Å². The molecular formula is C15H23NO4. The fourth-order valence-electron chi connectivity index (χ4n) is 3.43. The van der Waals surface area contributed by atoms with Gasteiger partial charge >= 0.3 is 5.97 Å². The average molecular weight is 281 g/mol. The van der Waals surface area contributed by atoms with Gasteiger partial charge in [0.05, 0.1) is 5.41 Å². The number of nitrogens with zero attached hydrogens (tertiary/aromatic N) is 1. The number of carbonyl (C=O) groups excluding carboxylic acids is 2. The first-order valence-electron chi connectivity index (χ1n) is 7.62. The maximum Gasteiger partial charge on any atom is 0.303 e. The highest BCUT2D eigenvalue weighted by Gasteiger charge is 2.50. The van der Waals surface area contributed by atoms with Crippen molar-refractivity contribution in [2.24, 2.45) is 5.41 Å². The van der Waals surface area contributed by atoms with E-state index in [1.165, 1.54) is 4.90 Å². The molecule has 2 aliphatic rings. The summed E-state index contributed by atoms with van der Waals surface area (Å²) in [5.74, 6) is -0.892. The van der Waals surface area contributed by atoms with Crippen LogP contribution in [0.4, 0.5) is 0 Å². The molecule has 2 fully saturated rings. The molecule has 0 atom stereocenters. The van der Waals surface area contributed by atoms with E-state index in [0.717, 1.165) is 38.5 Å². The molecule has 1 saturated carbocycles. The van der Waals surface area contributed by atoms with Gasteiger partial charge in [-0.15, -0.1) is 0 Å². The number of likely N-dealkylation sites (tertiary alicyclic amines) is 1. The van der Waals surface area contributed by atoms with Crippen molar-refractivity contribution in [1.82, 2.24) is 4.90 Å². The lowest BCUT2D eigenvalue weighted by atomic mass is 9.79. The largest absolute Gasteiger partial charge is 0.481 e. The number of hydrogen-bond acceptors (Lipinski definition) is 3. The van der Waals surface area contributed by atoms with Crippen LogP contribution in [0.25, 0.3) is 0 Å². The van der Waals surface area contributed by atoms with Gasteiger partial charge in [-0.3, -0.25) is 19.3 Å². The number of aliphatic carboxylic acids is 1. The SMILES string of the molecule is O=C(O)CCCCN1C(=O)CC2(CCCCCC2)C1=O. The van der Waals surface area contributed by atoms with E-state index < -0.39 is 11.4 Å². The monoisotopic (exact) mass is 281 g/mol. The van der Waals surface area contributed by atoms with Crippen molar-refractivity contribution in [2.45, 2.75) is 64.2 Å². The van der Waals surface area contributed by atoms with Crippen molar-refractivity contribution in [3.05, 3.63) is 0 Å². The lowest BCUT2D eigenvalue weighted by molar-refractivity contribution is -0.141. The molecule has 0 aromatic heterocycles. The third-order valence-electron chi connectivity index (χ3n) is 4.57. The van der Waals surface area contributed by atoms with Gasteiger partial charge in [-0.05, 0) is 25.7 Å². The van der Waals surface area contributed by atoms with Crippen molar-refractivity contribution in [1.29, 1.82) is 0 Å². The van der Waals surface area contributed by atoms with Crippen LogP contribution >= 0.6 is 0 Å². The molecule has 1 saturated heterocycles. The van der Waals surface area contributed by atoms with Crippen molar-refractivity contribution in [3.8, 4) is 0 Å². The van der Waals surface area contributed by atoms with Crippen LogP contribution in [0.3, 0.4) is 0 Å². The van der Waals surface area contributed by atoms with E-state index in [-0.39, 0.29) is 18.2 Å². The third kappa shape index (κ3) is 3.19. The van der Waals surface area contributed by atoms with Crippen LogP contribution in [0.5, 0.6) is 0 Å². The summed E-state index contributed by atoms with van der Waals surface area (Å²) in [6.07, 6.45) is 7.61. The molecule has 1 spiro atoms. The molecule has 5 nitrogen and oxygen atoms in total. The molecule has 0 aromatic rings. The summed E-state index contributed by atoms with van der Waals surface area (Å²) in [5, 5.41) is 8.59. The minimum atomic E-state index is -0.829. The van der Waals surface area contributed by atoms with Gasteiger partial charge in [0, 0.05) is 19.4 Å². The number of amides is 2. The molecule has 1 N–H and O–H groups in total. The molecular weight excluding hydrogens is 258 g/mol. The van der Waals surface area contributed by atoms with Crippen LogP contribution in [0.1, 0.15) is 64.2 Å². The Balaban J connectivity index is 1.92. The summed E-state index contributed by atoms with van der Waals surface area (Å²) in [6, 6.07) is 0. The fraction of sp³-hybridized carbons (Fsp3) is 0.800. The van der Waals surface area contributed by atoms with Crippen LogP contribution in [0.15, 0.2) is 0 Å². The number of imide groups is 1. The molecule has 1 heterocycles. The Morgan fingerprint density at radius 3 is 2.35 bits per heavy atom. The first kappa shape index (κ1) is 15.0. The Labute approximate surface area is 119 Å². The molecule has 0 radical (unpaired) electrons. The lowest BCUT2D eigenvalue weighted by Crippen LogP contribution is -2.36. The smallest absolute Gasteiger partial charge is 0.303 e. The molecule has 1 aliphatic heterocycles. The molecule has 2 rings (SSSR count). The highest BCUT2D eigenvalue weighted by molar-refractivity contribution is 6.05. The van der Waals surface area contributed by atoms with Crippen LogP contribution in [0.2, 0.25) is 0 Å². The van der Waals surface area contributed by atoms with E-state index in [4.69, 9.17) is 5.11 Å². The Morgan fingerprint density at radius 2 is 1.75 bits per heavy atom. The van der Waals surface area contributed by atoms with E-state index in [0.29, 0.717) is 25.8 Å². The van der Waals surface area contributed by atoms with Crippen LogP contribution in [-0.2, 0) is 14.4 Å². The first-order valence-corrected chi connectivity index (χ1v) is 7.62. The number of hydrogen-bond donors (Lipinski definition) is 1. The van der Waals surface area contributed by atoms with Gasteiger partial charge in [-0.1, -0.05) is 25.7 Å². The molecule has 5 heteroatoms. The summed E-state index contributed by atoms with van der Waals surface area (Å²) in [5.41, 5.74) is -0.430. The van der Waals surface area contributed by atoms with Crippen LogP contribution in [-0.4, -0.2) is 34.3 Å². The van der Waals surface area contributed by atoms with Gasteiger partial charge in [0.1, 0.15) is 0 Å². The molecule has 0 unspecified atom stereocenters. The molecule has 112 valence electrons. The Bertz CT molecular complexity index is 397. The van der Waals surface area contributed by atoms with E-state index in [2.05, 4.69) is 0 Å². The standard InChI is InChI=1S/C15H23NO4/c17-12-11-15(8-4-1-2-5-9-15)14(20)16(12)10-6-3-7-13(18)19/h1-11H2,(H,18,19). The zero-order chi connectivity index (χ0) is 14.6. The highest BCUT2D eigenvalue weighted by atomic mass is 16.4. The topological polar surface area (TPSA) is 74.7 Å². The van der Waals surface area contributed by atoms with Crippen LogP contribution < -0.4 is 0 Å². The van der Waals surface area contributed by atoms with E-state index in [1.54, 1.807) is 0 Å². The van der Waals surface area contributed by atoms with Gasteiger partial charge in [0.2, 0.25) is 11.8 Å². The predicted molar refractivity (Wildman–Crippen MR) is 73.0 cm³/mol. The maximum absolute atomic E-state index is 12.6. The summed E-state index contributed by atoms with van der Waals surface area (Å²) in [7, 11) is 0. The summed E-state index contributed by atoms with van der Waals surface area (Å²) in [4.78, 5) is 36.5. The van der Waals surface area contributed by atoms with Gasteiger partial charge in [-0.25, -0.2) is 0 Å². The zero-order valence-electron chi connectivity index (χ0n) is 11.9.